The zero-order chi connectivity index (χ0) is 30.0. The van der Waals surface area contributed by atoms with Gasteiger partial charge in [0.2, 0.25) is 5.91 Å². The SMILES string of the molecule is NC(N)=NCCC[C@H](NC(=O)[C@H](Cc1ccccc1)NC(=O)OCc1ccccc1)C(=O)CSCCc1ccncc1. The summed E-state index contributed by atoms with van der Waals surface area (Å²) in [6, 6.07) is 20.8. The number of ether oxygens (including phenoxy) is 1. The summed E-state index contributed by atoms with van der Waals surface area (Å²) in [5.41, 5.74) is 13.7. The van der Waals surface area contributed by atoms with E-state index in [0.717, 1.165) is 28.9 Å². The zero-order valence-corrected chi connectivity index (χ0v) is 24.3. The van der Waals surface area contributed by atoms with E-state index < -0.39 is 24.1 Å². The molecular weight excluding hydrogens is 552 g/mol. The van der Waals surface area contributed by atoms with Crippen molar-refractivity contribution in [1.29, 1.82) is 0 Å². The van der Waals surface area contributed by atoms with Crippen LogP contribution >= 0.6 is 11.8 Å². The van der Waals surface area contributed by atoms with Gasteiger partial charge in [0.1, 0.15) is 12.6 Å². The van der Waals surface area contributed by atoms with Crippen molar-refractivity contribution in [2.75, 3.05) is 18.1 Å². The number of nitrogens with two attached hydrogens (primary N) is 2. The lowest BCUT2D eigenvalue weighted by atomic mass is 10.0. The van der Waals surface area contributed by atoms with Crippen molar-refractivity contribution in [2.45, 2.75) is 44.4 Å². The van der Waals surface area contributed by atoms with E-state index in [1.807, 2.05) is 72.8 Å². The van der Waals surface area contributed by atoms with E-state index in [2.05, 4.69) is 20.6 Å². The van der Waals surface area contributed by atoms with Crippen molar-refractivity contribution in [3.8, 4) is 0 Å². The number of aliphatic imine (C=N–C) groups is 1. The molecule has 2 amide bonds. The minimum Gasteiger partial charge on any atom is -0.445 e. The number of carbonyl (C=O) groups is 3. The molecule has 0 saturated carbocycles. The molecule has 0 bridgehead atoms. The first-order valence-electron chi connectivity index (χ1n) is 13.8. The summed E-state index contributed by atoms with van der Waals surface area (Å²) in [6.07, 6.45) is 4.63. The molecule has 0 radical (unpaired) electrons. The molecule has 3 rings (SSSR count). The van der Waals surface area contributed by atoms with Crippen LogP contribution in [0.1, 0.15) is 29.5 Å². The van der Waals surface area contributed by atoms with Crippen LogP contribution in [-0.4, -0.2) is 58.9 Å². The number of carbonyl (C=O) groups excluding carboxylic acids is 3. The van der Waals surface area contributed by atoms with Gasteiger partial charge in [-0.05, 0) is 53.8 Å². The number of benzene rings is 2. The van der Waals surface area contributed by atoms with Gasteiger partial charge in [-0.1, -0.05) is 60.7 Å². The number of ketones is 1. The second-order valence-electron chi connectivity index (χ2n) is 9.58. The topological polar surface area (TPSA) is 162 Å². The number of nitrogens with zero attached hydrogens (tertiary/aromatic N) is 2. The van der Waals surface area contributed by atoms with Crippen LogP contribution in [0.2, 0.25) is 0 Å². The molecule has 1 heterocycles. The predicted octanol–water partition coefficient (Wildman–Crippen LogP) is 3.00. The molecule has 11 heteroatoms. The number of hydrogen-bond donors (Lipinski definition) is 4. The minimum absolute atomic E-state index is 0.0327. The summed E-state index contributed by atoms with van der Waals surface area (Å²) in [5, 5.41) is 5.55. The van der Waals surface area contributed by atoms with Gasteiger partial charge in [-0.25, -0.2) is 4.79 Å². The van der Waals surface area contributed by atoms with Gasteiger partial charge in [0.05, 0.1) is 11.8 Å². The normalized spacial score (nSPS) is 12.0. The summed E-state index contributed by atoms with van der Waals surface area (Å²) < 4.78 is 5.36. The van der Waals surface area contributed by atoms with Gasteiger partial charge >= 0.3 is 6.09 Å². The quantitative estimate of drug-likeness (QED) is 0.106. The molecule has 6 N–H and O–H groups in total. The van der Waals surface area contributed by atoms with Gasteiger partial charge in [-0.15, -0.1) is 0 Å². The van der Waals surface area contributed by atoms with Gasteiger partial charge in [-0.2, -0.15) is 11.8 Å². The average Bonchev–Trinajstić information content (AvgIpc) is 3.00. The Morgan fingerprint density at radius 1 is 0.857 bits per heavy atom. The van der Waals surface area contributed by atoms with E-state index in [9.17, 15) is 14.4 Å². The smallest absolute Gasteiger partial charge is 0.408 e. The maximum absolute atomic E-state index is 13.5. The molecule has 10 nitrogen and oxygen atoms in total. The highest BCUT2D eigenvalue weighted by molar-refractivity contribution is 7.99. The van der Waals surface area contributed by atoms with Gasteiger partial charge in [-0.3, -0.25) is 19.6 Å². The Labute approximate surface area is 250 Å². The maximum atomic E-state index is 13.5. The molecule has 2 atom stereocenters. The molecule has 1 aromatic heterocycles. The fourth-order valence-electron chi connectivity index (χ4n) is 4.07. The largest absolute Gasteiger partial charge is 0.445 e. The summed E-state index contributed by atoms with van der Waals surface area (Å²) in [6.45, 7) is 0.393. The van der Waals surface area contributed by atoms with Crippen LogP contribution in [0.15, 0.2) is 90.2 Å². The summed E-state index contributed by atoms with van der Waals surface area (Å²) >= 11 is 1.50. The van der Waals surface area contributed by atoms with Gasteiger partial charge in [0, 0.05) is 25.4 Å². The van der Waals surface area contributed by atoms with Crippen LogP contribution in [-0.2, 0) is 33.8 Å². The molecular formula is C31H38N6O4S. The number of aryl methyl sites for hydroxylation is 1. The molecule has 0 spiro atoms. The first kappa shape index (κ1) is 32.1. The Morgan fingerprint density at radius 2 is 1.52 bits per heavy atom. The monoisotopic (exact) mass is 590 g/mol. The summed E-state index contributed by atoms with van der Waals surface area (Å²) in [5.74, 6) is 0.356. The van der Waals surface area contributed by atoms with Crippen LogP contribution in [0, 0.1) is 0 Å². The molecule has 42 heavy (non-hydrogen) atoms. The van der Waals surface area contributed by atoms with Crippen LogP contribution < -0.4 is 22.1 Å². The number of alkyl carbamates (subject to hydrolysis) is 1. The highest BCUT2D eigenvalue weighted by atomic mass is 32.2. The Balaban J connectivity index is 1.64. The zero-order valence-electron chi connectivity index (χ0n) is 23.5. The summed E-state index contributed by atoms with van der Waals surface area (Å²) in [4.78, 5) is 47.4. The van der Waals surface area contributed by atoms with Crippen molar-refractivity contribution in [2.24, 2.45) is 16.5 Å². The molecule has 0 unspecified atom stereocenters. The standard InChI is InChI=1S/C31H38N6O4S/c32-30(33)35-16-7-12-26(28(38)22-42-19-15-23-13-17-34-18-14-23)36-29(39)27(20-24-8-3-1-4-9-24)37-31(40)41-21-25-10-5-2-6-11-25/h1-6,8-11,13-14,17-18,26-27H,7,12,15-16,19-22H2,(H,36,39)(H,37,40)(H4,32,33,35)/t26-,27-/m0/s1. The van der Waals surface area contributed by atoms with E-state index >= 15 is 0 Å². The molecule has 2 aromatic carbocycles. The molecule has 0 aliphatic carbocycles. The lowest BCUT2D eigenvalue weighted by Crippen LogP contribution is -2.52. The fourth-order valence-corrected chi connectivity index (χ4v) is 5.00. The molecule has 3 aromatic rings. The lowest BCUT2D eigenvalue weighted by Gasteiger charge is -2.23. The second kappa shape index (κ2) is 18.1. The van der Waals surface area contributed by atoms with Crippen LogP contribution in [0.5, 0.6) is 0 Å². The third-order valence-corrected chi connectivity index (χ3v) is 7.26. The predicted molar refractivity (Wildman–Crippen MR) is 166 cm³/mol. The minimum atomic E-state index is -0.956. The maximum Gasteiger partial charge on any atom is 0.408 e. The Hall–Kier alpha value is -4.38. The first-order valence-corrected chi connectivity index (χ1v) is 14.9. The van der Waals surface area contributed by atoms with Crippen LogP contribution in [0.4, 0.5) is 4.79 Å². The van der Waals surface area contributed by atoms with Crippen molar-refractivity contribution in [1.82, 2.24) is 15.6 Å². The molecule has 0 fully saturated rings. The molecule has 0 aliphatic heterocycles. The van der Waals surface area contributed by atoms with Crippen molar-refractivity contribution < 1.29 is 19.1 Å². The van der Waals surface area contributed by atoms with E-state index in [4.69, 9.17) is 16.2 Å². The number of pyridine rings is 1. The number of nitrogens with one attached hydrogen (secondary N) is 2. The van der Waals surface area contributed by atoms with E-state index in [1.54, 1.807) is 12.4 Å². The highest BCUT2D eigenvalue weighted by Gasteiger charge is 2.27. The second-order valence-corrected chi connectivity index (χ2v) is 10.7. The Morgan fingerprint density at radius 3 is 2.19 bits per heavy atom. The van der Waals surface area contributed by atoms with Gasteiger partial charge < -0.3 is 26.8 Å². The van der Waals surface area contributed by atoms with Crippen molar-refractivity contribution in [3.63, 3.8) is 0 Å². The Bertz CT molecular complexity index is 1270. The molecule has 0 aliphatic rings. The molecule has 222 valence electrons. The number of rotatable bonds is 17. The first-order chi connectivity index (χ1) is 20.4. The van der Waals surface area contributed by atoms with Gasteiger partial charge in [0.25, 0.3) is 0 Å². The third-order valence-electron chi connectivity index (χ3n) is 6.28. The van der Waals surface area contributed by atoms with Crippen molar-refractivity contribution >= 4 is 35.5 Å². The number of guanidine groups is 1. The third kappa shape index (κ3) is 12.4. The highest BCUT2D eigenvalue weighted by Crippen LogP contribution is 2.11. The average molecular weight is 591 g/mol. The van der Waals surface area contributed by atoms with E-state index in [-0.39, 0.29) is 30.5 Å². The van der Waals surface area contributed by atoms with E-state index in [0.29, 0.717) is 19.4 Å². The number of amides is 2. The van der Waals surface area contributed by atoms with E-state index in [1.165, 1.54) is 11.8 Å². The van der Waals surface area contributed by atoms with Crippen LogP contribution in [0.25, 0.3) is 0 Å². The number of thioether (sulfide) groups is 1. The fraction of sp³-hybridized carbons (Fsp3) is 0.323. The number of aromatic nitrogens is 1. The van der Waals surface area contributed by atoms with Crippen LogP contribution in [0.3, 0.4) is 0 Å². The van der Waals surface area contributed by atoms with Gasteiger partial charge in [0.15, 0.2) is 11.7 Å². The molecule has 0 saturated heterocycles. The number of hydrogen-bond acceptors (Lipinski definition) is 7. The van der Waals surface area contributed by atoms with Crippen molar-refractivity contribution in [3.05, 3.63) is 102 Å². The summed E-state index contributed by atoms with van der Waals surface area (Å²) in [7, 11) is 0. The Kier molecular flexibility index (Phi) is 13.9. The lowest BCUT2D eigenvalue weighted by molar-refractivity contribution is -0.128. The number of Topliss-reactive ketones (excluding diaryl/α,β-unsaturated/α-hetero) is 1.